The molecule has 18 heavy (non-hydrogen) atoms. The maximum absolute atomic E-state index is 4.81. The lowest BCUT2D eigenvalue weighted by atomic mass is 10.1. The van der Waals surface area contributed by atoms with Gasteiger partial charge in [0, 0.05) is 33.2 Å². The van der Waals surface area contributed by atoms with E-state index < -0.39 is 0 Å². The minimum absolute atomic E-state index is 1.04. The second-order valence-electron chi connectivity index (χ2n) is 4.85. The zero-order valence-corrected chi connectivity index (χ0v) is 11.1. The molecule has 1 aliphatic heterocycles. The maximum atomic E-state index is 4.81. The zero-order valence-electron chi connectivity index (χ0n) is 11.1. The SMILES string of the molecule is CCc1cccc2nc(N3CCNCC3)n(C)c12. The van der Waals surface area contributed by atoms with Crippen molar-refractivity contribution in [1.82, 2.24) is 14.9 Å². The van der Waals surface area contributed by atoms with Gasteiger partial charge in [-0.1, -0.05) is 19.1 Å². The number of imidazole rings is 1. The number of rotatable bonds is 2. The van der Waals surface area contributed by atoms with Gasteiger partial charge in [-0.3, -0.25) is 0 Å². The summed E-state index contributed by atoms with van der Waals surface area (Å²) in [5.74, 6) is 1.10. The molecule has 1 fully saturated rings. The van der Waals surface area contributed by atoms with E-state index in [1.165, 1.54) is 11.1 Å². The van der Waals surface area contributed by atoms with E-state index in [0.29, 0.717) is 0 Å². The Kier molecular flexibility index (Phi) is 2.96. The minimum Gasteiger partial charge on any atom is -0.340 e. The lowest BCUT2D eigenvalue weighted by Crippen LogP contribution is -2.44. The summed E-state index contributed by atoms with van der Waals surface area (Å²) in [5, 5.41) is 3.38. The molecule has 96 valence electrons. The molecule has 0 unspecified atom stereocenters. The fourth-order valence-corrected chi connectivity index (χ4v) is 2.77. The third kappa shape index (κ3) is 1.77. The van der Waals surface area contributed by atoms with Crippen LogP contribution in [-0.2, 0) is 13.5 Å². The lowest BCUT2D eigenvalue weighted by molar-refractivity contribution is 0.575. The van der Waals surface area contributed by atoms with Crippen LogP contribution in [0.2, 0.25) is 0 Å². The van der Waals surface area contributed by atoms with Gasteiger partial charge in [-0.15, -0.1) is 0 Å². The molecule has 0 bridgehead atoms. The summed E-state index contributed by atoms with van der Waals surface area (Å²) in [6.45, 7) is 6.37. The molecule has 2 heterocycles. The molecule has 0 saturated carbocycles. The van der Waals surface area contributed by atoms with Gasteiger partial charge in [0.2, 0.25) is 5.95 Å². The highest BCUT2D eigenvalue weighted by atomic mass is 15.3. The van der Waals surface area contributed by atoms with Gasteiger partial charge >= 0.3 is 0 Å². The average Bonchev–Trinajstić information content (AvgIpc) is 2.77. The molecule has 1 N–H and O–H groups in total. The molecule has 0 radical (unpaired) electrons. The van der Waals surface area contributed by atoms with E-state index in [4.69, 9.17) is 4.98 Å². The Bertz CT molecular complexity index is 552. The molecule has 0 atom stereocenters. The van der Waals surface area contributed by atoms with Crippen molar-refractivity contribution in [2.45, 2.75) is 13.3 Å². The molecule has 1 saturated heterocycles. The first-order valence-corrected chi connectivity index (χ1v) is 6.71. The van der Waals surface area contributed by atoms with Crippen LogP contribution >= 0.6 is 0 Å². The van der Waals surface area contributed by atoms with Gasteiger partial charge in [0.1, 0.15) is 0 Å². The highest BCUT2D eigenvalue weighted by molar-refractivity contribution is 5.82. The maximum Gasteiger partial charge on any atom is 0.206 e. The van der Waals surface area contributed by atoms with Crippen molar-refractivity contribution < 1.29 is 0 Å². The number of benzene rings is 1. The van der Waals surface area contributed by atoms with Crippen LogP contribution in [0.4, 0.5) is 5.95 Å². The third-order valence-electron chi connectivity index (χ3n) is 3.73. The topological polar surface area (TPSA) is 33.1 Å². The van der Waals surface area contributed by atoms with E-state index in [0.717, 1.165) is 44.1 Å². The third-order valence-corrected chi connectivity index (χ3v) is 3.73. The van der Waals surface area contributed by atoms with Crippen LogP contribution in [0.25, 0.3) is 11.0 Å². The van der Waals surface area contributed by atoms with E-state index in [-0.39, 0.29) is 0 Å². The van der Waals surface area contributed by atoms with E-state index >= 15 is 0 Å². The second kappa shape index (κ2) is 4.61. The number of aryl methyl sites for hydroxylation is 2. The van der Waals surface area contributed by atoms with Crippen LogP contribution in [0.5, 0.6) is 0 Å². The summed E-state index contributed by atoms with van der Waals surface area (Å²) in [6, 6.07) is 6.42. The number of hydrogen-bond donors (Lipinski definition) is 1. The van der Waals surface area contributed by atoms with E-state index in [1.54, 1.807) is 0 Å². The summed E-state index contributed by atoms with van der Waals surface area (Å²) in [6.07, 6.45) is 1.05. The average molecular weight is 244 g/mol. The number of anilines is 1. The van der Waals surface area contributed by atoms with Gasteiger partial charge in [-0.05, 0) is 18.1 Å². The van der Waals surface area contributed by atoms with Crippen LogP contribution in [-0.4, -0.2) is 35.7 Å². The van der Waals surface area contributed by atoms with E-state index in [9.17, 15) is 0 Å². The lowest BCUT2D eigenvalue weighted by Gasteiger charge is -2.28. The molecule has 0 amide bonds. The number of hydrogen-bond acceptors (Lipinski definition) is 3. The highest BCUT2D eigenvalue weighted by Gasteiger charge is 2.17. The van der Waals surface area contributed by atoms with Crippen LogP contribution in [0.1, 0.15) is 12.5 Å². The van der Waals surface area contributed by atoms with Crippen molar-refractivity contribution in [1.29, 1.82) is 0 Å². The molecule has 1 aliphatic rings. The number of nitrogens with zero attached hydrogens (tertiary/aromatic N) is 3. The van der Waals surface area contributed by atoms with Crippen LogP contribution in [0, 0.1) is 0 Å². The van der Waals surface area contributed by atoms with Crippen molar-refractivity contribution in [3.63, 3.8) is 0 Å². The Labute approximate surface area is 108 Å². The molecule has 0 spiro atoms. The fourth-order valence-electron chi connectivity index (χ4n) is 2.77. The predicted octanol–water partition coefficient (Wildman–Crippen LogP) is 1.55. The van der Waals surface area contributed by atoms with Gasteiger partial charge in [0.25, 0.3) is 0 Å². The van der Waals surface area contributed by atoms with Gasteiger partial charge in [0.05, 0.1) is 11.0 Å². The van der Waals surface area contributed by atoms with Crippen molar-refractivity contribution in [3.05, 3.63) is 23.8 Å². The molecule has 4 nitrogen and oxygen atoms in total. The predicted molar refractivity (Wildman–Crippen MR) is 75.2 cm³/mol. The Morgan fingerprint density at radius 1 is 1.28 bits per heavy atom. The Morgan fingerprint density at radius 3 is 2.78 bits per heavy atom. The van der Waals surface area contributed by atoms with Gasteiger partial charge in [-0.25, -0.2) is 4.98 Å². The molecule has 1 aromatic carbocycles. The van der Waals surface area contributed by atoms with Crippen LogP contribution < -0.4 is 10.2 Å². The zero-order chi connectivity index (χ0) is 12.5. The number of aromatic nitrogens is 2. The summed E-state index contributed by atoms with van der Waals surface area (Å²) < 4.78 is 2.25. The monoisotopic (exact) mass is 244 g/mol. The molecule has 2 aromatic rings. The minimum atomic E-state index is 1.04. The molecule has 3 rings (SSSR count). The number of nitrogens with one attached hydrogen (secondary N) is 1. The van der Waals surface area contributed by atoms with Gasteiger partial charge < -0.3 is 14.8 Å². The second-order valence-corrected chi connectivity index (χ2v) is 4.85. The Balaban J connectivity index is 2.10. The van der Waals surface area contributed by atoms with Crippen molar-refractivity contribution in [3.8, 4) is 0 Å². The molecular formula is C14H20N4. The van der Waals surface area contributed by atoms with Crippen LogP contribution in [0.15, 0.2) is 18.2 Å². The number of fused-ring (bicyclic) bond motifs is 1. The quantitative estimate of drug-likeness (QED) is 0.870. The number of para-hydroxylation sites is 1. The first kappa shape index (κ1) is 11.5. The van der Waals surface area contributed by atoms with Crippen LogP contribution in [0.3, 0.4) is 0 Å². The molecule has 0 aliphatic carbocycles. The van der Waals surface area contributed by atoms with Crippen molar-refractivity contribution in [2.24, 2.45) is 7.05 Å². The fraction of sp³-hybridized carbons (Fsp3) is 0.500. The Morgan fingerprint density at radius 2 is 2.06 bits per heavy atom. The summed E-state index contributed by atoms with van der Waals surface area (Å²) >= 11 is 0. The Hall–Kier alpha value is -1.55. The molecular weight excluding hydrogens is 224 g/mol. The van der Waals surface area contributed by atoms with E-state index in [2.05, 4.69) is 47.0 Å². The molecule has 4 heteroatoms. The van der Waals surface area contributed by atoms with Gasteiger partial charge in [-0.2, -0.15) is 0 Å². The van der Waals surface area contributed by atoms with Gasteiger partial charge in [0.15, 0.2) is 0 Å². The summed E-state index contributed by atoms with van der Waals surface area (Å²) in [7, 11) is 2.13. The van der Waals surface area contributed by atoms with E-state index in [1.807, 2.05) is 0 Å². The smallest absolute Gasteiger partial charge is 0.206 e. The first-order chi connectivity index (χ1) is 8.81. The number of piperazine rings is 1. The largest absolute Gasteiger partial charge is 0.340 e. The first-order valence-electron chi connectivity index (χ1n) is 6.71. The van der Waals surface area contributed by atoms with Crippen molar-refractivity contribution >= 4 is 17.0 Å². The van der Waals surface area contributed by atoms with Crippen molar-refractivity contribution in [2.75, 3.05) is 31.1 Å². The summed E-state index contributed by atoms with van der Waals surface area (Å²) in [4.78, 5) is 7.18. The molecule has 1 aromatic heterocycles. The normalized spacial score (nSPS) is 16.4. The standard InChI is InChI=1S/C14H20N4/c1-3-11-5-4-6-12-13(11)17(2)14(16-12)18-9-7-15-8-10-18/h4-6,15H,3,7-10H2,1-2H3. The highest BCUT2D eigenvalue weighted by Crippen LogP contribution is 2.24. The summed E-state index contributed by atoms with van der Waals surface area (Å²) in [5.41, 5.74) is 3.78.